The fourth-order valence-electron chi connectivity index (χ4n) is 2.29. The summed E-state index contributed by atoms with van der Waals surface area (Å²) in [7, 11) is 3.17. The van der Waals surface area contributed by atoms with E-state index in [4.69, 9.17) is 14.2 Å². The summed E-state index contributed by atoms with van der Waals surface area (Å²) >= 11 is 0. The average molecular weight is 399 g/mol. The van der Waals surface area contributed by atoms with Crippen molar-refractivity contribution in [1.82, 2.24) is 10.7 Å². The number of carbonyl (C=O) groups is 2. The number of hydrogen-bond donors (Lipinski definition) is 2. The van der Waals surface area contributed by atoms with Gasteiger partial charge in [-0.25, -0.2) is 5.43 Å². The molecule has 0 atom stereocenters. The van der Waals surface area contributed by atoms with Crippen LogP contribution in [0.15, 0.2) is 53.6 Å². The second-order valence-corrected chi connectivity index (χ2v) is 6.15. The second-order valence-electron chi connectivity index (χ2n) is 6.15. The normalized spacial score (nSPS) is 10.8. The van der Waals surface area contributed by atoms with Crippen LogP contribution in [0.25, 0.3) is 0 Å². The van der Waals surface area contributed by atoms with Crippen LogP contribution >= 0.6 is 0 Å². The molecule has 0 saturated heterocycles. The van der Waals surface area contributed by atoms with Gasteiger partial charge in [0.05, 0.1) is 20.6 Å². The summed E-state index contributed by atoms with van der Waals surface area (Å²) in [5.74, 6) is 1.39. The first-order valence-electron chi connectivity index (χ1n) is 8.98. The van der Waals surface area contributed by atoms with Gasteiger partial charge in [-0.1, -0.05) is 12.1 Å². The number of rotatable bonds is 10. The van der Waals surface area contributed by atoms with Crippen molar-refractivity contribution in [3.63, 3.8) is 0 Å². The number of nitrogens with one attached hydrogen (secondary N) is 2. The molecule has 2 aromatic carbocycles. The van der Waals surface area contributed by atoms with E-state index in [1.54, 1.807) is 45.4 Å². The van der Waals surface area contributed by atoms with Gasteiger partial charge in [-0.2, -0.15) is 5.10 Å². The highest BCUT2D eigenvalue weighted by Gasteiger charge is 2.06. The maximum atomic E-state index is 12.0. The van der Waals surface area contributed by atoms with Gasteiger partial charge < -0.3 is 19.5 Å². The van der Waals surface area contributed by atoms with Crippen molar-refractivity contribution in [2.45, 2.75) is 19.9 Å². The summed E-state index contributed by atoms with van der Waals surface area (Å²) in [6.45, 7) is 1.88. The molecule has 2 aromatic rings. The smallest absolute Gasteiger partial charge is 0.277 e. The van der Waals surface area contributed by atoms with Gasteiger partial charge in [0.15, 0.2) is 6.61 Å². The van der Waals surface area contributed by atoms with Crippen molar-refractivity contribution in [2.24, 2.45) is 5.10 Å². The lowest BCUT2D eigenvalue weighted by atomic mass is 10.2. The molecule has 8 heteroatoms. The van der Waals surface area contributed by atoms with Gasteiger partial charge in [0.25, 0.3) is 5.91 Å². The molecule has 8 nitrogen and oxygen atoms in total. The summed E-state index contributed by atoms with van der Waals surface area (Å²) in [5.41, 5.74) is 3.81. The highest BCUT2D eigenvalue weighted by Crippen LogP contribution is 2.16. The number of benzene rings is 2. The molecule has 154 valence electrons. The Morgan fingerprint density at radius 1 is 0.862 bits per heavy atom. The standard InChI is InChI=1S/C21H25N3O5/c1-15(12-20(25)22-13-16-4-6-17(27-2)7-5-16)23-24-21(26)14-29-19-10-8-18(28-3)9-11-19/h4-11H,12-14H2,1-3H3,(H,22,25)(H,24,26)/b23-15-. The predicted octanol–water partition coefficient (Wildman–Crippen LogP) is 2.28. The first kappa shape index (κ1) is 21.7. The SMILES string of the molecule is COc1ccc(CNC(=O)C/C(C)=N\NC(=O)COc2ccc(OC)cc2)cc1. The summed E-state index contributed by atoms with van der Waals surface area (Å²) in [6.07, 6.45) is 0.0791. The molecule has 0 aliphatic rings. The van der Waals surface area contributed by atoms with Crippen molar-refractivity contribution < 1.29 is 23.8 Å². The number of hydrogen-bond acceptors (Lipinski definition) is 6. The molecular weight excluding hydrogens is 374 g/mol. The molecule has 0 aliphatic carbocycles. The van der Waals surface area contributed by atoms with E-state index in [9.17, 15) is 9.59 Å². The van der Waals surface area contributed by atoms with Crippen molar-refractivity contribution >= 4 is 17.5 Å². The lowest BCUT2D eigenvalue weighted by Crippen LogP contribution is -2.28. The van der Waals surface area contributed by atoms with E-state index in [0.717, 1.165) is 11.3 Å². The van der Waals surface area contributed by atoms with Crippen LogP contribution in [0.3, 0.4) is 0 Å². The molecule has 2 rings (SSSR count). The van der Waals surface area contributed by atoms with E-state index in [-0.39, 0.29) is 18.9 Å². The molecule has 2 amide bonds. The van der Waals surface area contributed by atoms with Crippen molar-refractivity contribution in [2.75, 3.05) is 20.8 Å². The van der Waals surface area contributed by atoms with Crippen molar-refractivity contribution in [3.05, 3.63) is 54.1 Å². The van der Waals surface area contributed by atoms with E-state index in [2.05, 4.69) is 15.8 Å². The van der Waals surface area contributed by atoms with Gasteiger partial charge in [0, 0.05) is 12.3 Å². The molecular formula is C21H25N3O5. The zero-order valence-corrected chi connectivity index (χ0v) is 16.7. The Balaban J connectivity index is 1.69. The van der Waals surface area contributed by atoms with Crippen molar-refractivity contribution in [1.29, 1.82) is 0 Å². The average Bonchev–Trinajstić information content (AvgIpc) is 2.75. The molecule has 0 aliphatic heterocycles. The molecule has 0 spiro atoms. The van der Waals surface area contributed by atoms with Crippen LogP contribution in [0.5, 0.6) is 17.2 Å². The summed E-state index contributed by atoms with van der Waals surface area (Å²) < 4.78 is 15.5. The Morgan fingerprint density at radius 2 is 1.41 bits per heavy atom. The molecule has 0 aromatic heterocycles. The lowest BCUT2D eigenvalue weighted by Gasteiger charge is -2.07. The van der Waals surface area contributed by atoms with Crippen LogP contribution in [0, 0.1) is 0 Å². The Bertz CT molecular complexity index is 832. The molecule has 0 fully saturated rings. The fraction of sp³-hybridized carbons (Fsp3) is 0.286. The first-order valence-corrected chi connectivity index (χ1v) is 8.98. The summed E-state index contributed by atoms with van der Waals surface area (Å²) in [5, 5.41) is 6.72. The largest absolute Gasteiger partial charge is 0.497 e. The number of hydrazone groups is 1. The number of ether oxygens (including phenoxy) is 3. The third-order valence-corrected chi connectivity index (χ3v) is 3.87. The number of carbonyl (C=O) groups excluding carboxylic acids is 2. The van der Waals surface area contributed by atoms with E-state index < -0.39 is 5.91 Å². The Kier molecular flexibility index (Phi) is 8.50. The van der Waals surface area contributed by atoms with Gasteiger partial charge >= 0.3 is 0 Å². The van der Waals surface area contributed by atoms with E-state index >= 15 is 0 Å². The van der Waals surface area contributed by atoms with Gasteiger partial charge in [0.1, 0.15) is 17.2 Å². The zero-order chi connectivity index (χ0) is 21.1. The number of amides is 2. The second kappa shape index (κ2) is 11.3. The zero-order valence-electron chi connectivity index (χ0n) is 16.7. The lowest BCUT2D eigenvalue weighted by molar-refractivity contribution is -0.123. The minimum absolute atomic E-state index is 0.0791. The van der Waals surface area contributed by atoms with E-state index in [1.165, 1.54) is 0 Å². The highest BCUT2D eigenvalue weighted by molar-refractivity contribution is 6.00. The Hall–Kier alpha value is -3.55. The van der Waals surface area contributed by atoms with Gasteiger partial charge in [-0.3, -0.25) is 9.59 Å². The minimum Gasteiger partial charge on any atom is -0.497 e. The van der Waals surface area contributed by atoms with Crippen LogP contribution in [-0.2, 0) is 16.1 Å². The van der Waals surface area contributed by atoms with Gasteiger partial charge in [-0.05, 0) is 48.9 Å². The quantitative estimate of drug-likeness (QED) is 0.472. The highest BCUT2D eigenvalue weighted by atomic mass is 16.5. The van der Waals surface area contributed by atoms with Crippen LogP contribution in [0.4, 0.5) is 0 Å². The molecule has 0 saturated carbocycles. The Morgan fingerprint density at radius 3 is 2.00 bits per heavy atom. The van der Waals surface area contributed by atoms with E-state index in [1.807, 2.05) is 24.3 Å². The van der Waals surface area contributed by atoms with Crippen molar-refractivity contribution in [3.8, 4) is 17.2 Å². The topological polar surface area (TPSA) is 98.2 Å². The van der Waals surface area contributed by atoms with Crippen LogP contribution < -0.4 is 25.0 Å². The van der Waals surface area contributed by atoms with Crippen LogP contribution in [0.1, 0.15) is 18.9 Å². The molecule has 0 unspecified atom stereocenters. The Labute approximate surface area is 169 Å². The monoisotopic (exact) mass is 399 g/mol. The maximum Gasteiger partial charge on any atom is 0.277 e. The number of methoxy groups -OCH3 is 2. The summed E-state index contributed by atoms with van der Waals surface area (Å²) in [6, 6.07) is 14.3. The molecule has 29 heavy (non-hydrogen) atoms. The number of nitrogens with zero attached hydrogens (tertiary/aromatic N) is 1. The molecule has 0 heterocycles. The summed E-state index contributed by atoms with van der Waals surface area (Å²) in [4.78, 5) is 23.8. The predicted molar refractivity (Wildman–Crippen MR) is 109 cm³/mol. The molecule has 0 bridgehead atoms. The van der Waals surface area contributed by atoms with Crippen LogP contribution in [0.2, 0.25) is 0 Å². The van der Waals surface area contributed by atoms with E-state index in [0.29, 0.717) is 23.8 Å². The minimum atomic E-state index is -0.418. The van der Waals surface area contributed by atoms with Gasteiger partial charge in [-0.15, -0.1) is 0 Å². The third kappa shape index (κ3) is 7.92. The molecule has 2 N–H and O–H groups in total. The van der Waals surface area contributed by atoms with Gasteiger partial charge in [0.2, 0.25) is 5.91 Å². The van der Waals surface area contributed by atoms with Crippen LogP contribution in [-0.4, -0.2) is 38.4 Å². The molecule has 0 radical (unpaired) electrons. The fourth-order valence-corrected chi connectivity index (χ4v) is 2.29. The third-order valence-electron chi connectivity index (χ3n) is 3.87. The first-order chi connectivity index (χ1) is 14.0. The maximum absolute atomic E-state index is 12.0.